The second-order valence-corrected chi connectivity index (χ2v) is 8.53. The molecular weight excluding hydrogens is 427 g/mol. The Bertz CT molecular complexity index is 733. The lowest BCUT2D eigenvalue weighted by Crippen LogP contribution is -2.20. The fourth-order valence-electron chi connectivity index (χ4n) is 2.60. The van der Waals surface area contributed by atoms with Crippen molar-refractivity contribution in [1.82, 2.24) is 0 Å². The molecule has 0 radical (unpaired) electrons. The van der Waals surface area contributed by atoms with Crippen molar-refractivity contribution in [2.45, 2.75) is 64.4 Å². The van der Waals surface area contributed by atoms with Crippen molar-refractivity contribution < 1.29 is 28.0 Å². The second kappa shape index (κ2) is 18.6. The smallest absolute Gasteiger partial charge is 0.463 e. The second-order valence-electron chi connectivity index (χ2n) is 7.13. The van der Waals surface area contributed by atoms with Crippen LogP contribution in [-0.2, 0) is 23.1 Å². The summed E-state index contributed by atoms with van der Waals surface area (Å²) < 4.78 is 25.4. The van der Waals surface area contributed by atoms with Crippen LogP contribution in [0.25, 0.3) is 0 Å². The molecule has 1 fully saturated rings. The number of esters is 1. The highest BCUT2D eigenvalue weighted by Gasteiger charge is 2.35. The Morgan fingerprint density at radius 3 is 1.78 bits per heavy atom. The molecule has 32 heavy (non-hydrogen) atoms. The molecule has 1 N–H and O–H groups in total. The lowest BCUT2D eigenvalue weighted by atomic mass is 10.2. The van der Waals surface area contributed by atoms with E-state index in [1.165, 1.54) is 0 Å². The summed E-state index contributed by atoms with van der Waals surface area (Å²) in [5, 5.41) is 0. The molecule has 2 atom stereocenters. The van der Waals surface area contributed by atoms with Gasteiger partial charge in [-0.15, -0.1) is 0 Å². The SMILES string of the molecule is CC/C=C\C/C=C\C/C=C\C/C=C\C/C=C\C/C=C\CCC(=O)OCC1COP(=O)(O)O1. The molecule has 0 aromatic carbocycles. The molecule has 0 bridgehead atoms. The third-order valence-corrected chi connectivity index (χ3v) is 5.29. The van der Waals surface area contributed by atoms with Crippen molar-refractivity contribution >= 4 is 13.8 Å². The minimum Gasteiger partial charge on any atom is -0.463 e. The monoisotopic (exact) mass is 464 g/mol. The Labute approximate surface area is 192 Å². The van der Waals surface area contributed by atoms with Crippen molar-refractivity contribution in [2.75, 3.05) is 13.2 Å². The maximum Gasteiger partial charge on any atom is 0.472 e. The molecule has 2 unspecified atom stereocenters. The first-order valence-corrected chi connectivity index (χ1v) is 12.7. The molecule has 0 spiro atoms. The average molecular weight is 465 g/mol. The zero-order valence-electron chi connectivity index (χ0n) is 19.0. The van der Waals surface area contributed by atoms with E-state index in [0.29, 0.717) is 6.42 Å². The summed E-state index contributed by atoms with van der Waals surface area (Å²) in [5.41, 5.74) is 0. The Morgan fingerprint density at radius 1 is 0.875 bits per heavy atom. The minimum atomic E-state index is -3.94. The van der Waals surface area contributed by atoms with Gasteiger partial charge in [0.1, 0.15) is 12.7 Å². The summed E-state index contributed by atoms with van der Waals surface area (Å²) in [5.74, 6) is -0.368. The number of hydrogen-bond donors (Lipinski definition) is 1. The number of carbonyl (C=O) groups is 1. The summed E-state index contributed by atoms with van der Waals surface area (Å²) >= 11 is 0. The van der Waals surface area contributed by atoms with E-state index < -0.39 is 13.9 Å². The van der Waals surface area contributed by atoms with Crippen LogP contribution in [0.5, 0.6) is 0 Å². The van der Waals surface area contributed by atoms with Crippen LogP contribution < -0.4 is 0 Å². The molecular formula is C25H37O6P. The van der Waals surface area contributed by atoms with E-state index in [1.54, 1.807) is 0 Å². The van der Waals surface area contributed by atoms with Crippen LogP contribution in [0, 0.1) is 0 Å². The van der Waals surface area contributed by atoms with Gasteiger partial charge in [-0.2, -0.15) is 0 Å². The van der Waals surface area contributed by atoms with E-state index in [-0.39, 0.29) is 25.6 Å². The molecule has 1 rings (SSSR count). The third-order valence-electron chi connectivity index (χ3n) is 4.25. The van der Waals surface area contributed by atoms with Crippen molar-refractivity contribution in [3.8, 4) is 0 Å². The molecule has 6 nitrogen and oxygen atoms in total. The normalized spacial score (nSPS) is 22.1. The fourth-order valence-corrected chi connectivity index (χ4v) is 3.52. The summed E-state index contributed by atoms with van der Waals surface area (Å²) in [7, 11) is -3.94. The van der Waals surface area contributed by atoms with Crippen LogP contribution in [-0.4, -0.2) is 30.2 Å². The molecule has 0 aromatic heterocycles. The molecule has 1 aliphatic heterocycles. The number of rotatable bonds is 16. The maximum atomic E-state index is 11.6. The molecule has 0 aliphatic carbocycles. The standard InChI is InChI=1S/C25H37O6P/c1-2-3-4-5-6-7-8-9-10-11-12-13-14-15-16-17-18-19-20-21-25(26)29-22-24-23-30-32(27,28)31-24/h3-4,6-7,9-10,12-13,15-16,18-19,24H,2,5,8,11,14,17,20-23H2,1H3,(H,27,28)/b4-3-,7-6-,10-9-,13-12-,16-15-,19-18-. The van der Waals surface area contributed by atoms with Crippen molar-refractivity contribution in [1.29, 1.82) is 0 Å². The highest BCUT2D eigenvalue weighted by Crippen LogP contribution is 2.49. The Kier molecular flexibility index (Phi) is 16.3. The van der Waals surface area contributed by atoms with Crippen LogP contribution in [0.2, 0.25) is 0 Å². The van der Waals surface area contributed by atoms with Gasteiger partial charge in [-0.3, -0.25) is 13.8 Å². The van der Waals surface area contributed by atoms with Gasteiger partial charge in [0.15, 0.2) is 0 Å². The Hall–Kier alpha value is -1.98. The molecule has 178 valence electrons. The van der Waals surface area contributed by atoms with E-state index in [9.17, 15) is 9.36 Å². The Morgan fingerprint density at radius 2 is 1.34 bits per heavy atom. The highest BCUT2D eigenvalue weighted by molar-refractivity contribution is 7.47. The van der Waals surface area contributed by atoms with Gasteiger partial charge in [0.2, 0.25) is 0 Å². The van der Waals surface area contributed by atoms with Gasteiger partial charge in [-0.1, -0.05) is 79.8 Å². The fraction of sp³-hybridized carbons (Fsp3) is 0.480. The van der Waals surface area contributed by atoms with Crippen LogP contribution >= 0.6 is 7.82 Å². The van der Waals surface area contributed by atoms with Crippen LogP contribution in [0.3, 0.4) is 0 Å². The Balaban J connectivity index is 1.96. The van der Waals surface area contributed by atoms with Gasteiger partial charge in [0.05, 0.1) is 6.61 Å². The van der Waals surface area contributed by atoms with Crippen LogP contribution in [0.15, 0.2) is 72.9 Å². The van der Waals surface area contributed by atoms with Gasteiger partial charge in [-0.25, -0.2) is 4.57 Å². The highest BCUT2D eigenvalue weighted by atomic mass is 31.2. The lowest BCUT2D eigenvalue weighted by Gasteiger charge is -2.08. The molecule has 1 aliphatic rings. The van der Waals surface area contributed by atoms with Gasteiger partial charge in [-0.05, 0) is 44.9 Å². The zero-order valence-corrected chi connectivity index (χ0v) is 19.9. The molecule has 0 saturated carbocycles. The largest absolute Gasteiger partial charge is 0.472 e. The maximum absolute atomic E-state index is 11.6. The summed E-state index contributed by atoms with van der Waals surface area (Å²) in [4.78, 5) is 20.7. The van der Waals surface area contributed by atoms with Crippen molar-refractivity contribution in [3.63, 3.8) is 0 Å². The third kappa shape index (κ3) is 16.7. The summed E-state index contributed by atoms with van der Waals surface area (Å²) in [6.45, 7) is 2.02. The lowest BCUT2D eigenvalue weighted by molar-refractivity contribution is -0.145. The zero-order chi connectivity index (χ0) is 23.3. The number of carbonyl (C=O) groups excluding carboxylic acids is 1. The van der Waals surface area contributed by atoms with E-state index in [2.05, 4.69) is 72.2 Å². The van der Waals surface area contributed by atoms with E-state index >= 15 is 0 Å². The molecule has 0 amide bonds. The molecule has 0 aromatic rings. The first-order valence-electron chi connectivity index (χ1n) is 11.2. The van der Waals surface area contributed by atoms with E-state index in [0.717, 1.165) is 38.5 Å². The summed E-state index contributed by atoms with van der Waals surface area (Å²) in [6.07, 6.45) is 31.5. The number of ether oxygens (including phenoxy) is 1. The van der Waals surface area contributed by atoms with Crippen molar-refractivity contribution in [2.24, 2.45) is 0 Å². The van der Waals surface area contributed by atoms with Crippen LogP contribution in [0.4, 0.5) is 0 Å². The van der Waals surface area contributed by atoms with Gasteiger partial charge in [0, 0.05) is 6.42 Å². The predicted octanol–water partition coefficient (Wildman–Crippen LogP) is 6.52. The first-order chi connectivity index (χ1) is 15.5. The van der Waals surface area contributed by atoms with Gasteiger partial charge in [0.25, 0.3) is 0 Å². The molecule has 1 saturated heterocycles. The minimum absolute atomic E-state index is 0.0474. The number of hydrogen-bond acceptors (Lipinski definition) is 5. The number of phosphoric ester groups is 1. The number of allylic oxidation sites excluding steroid dienone is 12. The van der Waals surface area contributed by atoms with Gasteiger partial charge >= 0.3 is 13.8 Å². The molecule has 1 heterocycles. The molecule has 7 heteroatoms. The van der Waals surface area contributed by atoms with Gasteiger partial charge < -0.3 is 9.63 Å². The first kappa shape index (κ1) is 28.1. The average Bonchev–Trinajstić information content (AvgIpc) is 3.12. The topological polar surface area (TPSA) is 82.1 Å². The predicted molar refractivity (Wildman–Crippen MR) is 129 cm³/mol. The number of phosphoric acid groups is 1. The summed E-state index contributed by atoms with van der Waals surface area (Å²) in [6, 6.07) is 0. The van der Waals surface area contributed by atoms with Crippen LogP contribution in [0.1, 0.15) is 58.3 Å². The van der Waals surface area contributed by atoms with E-state index in [1.807, 2.05) is 12.2 Å². The quantitative estimate of drug-likeness (QED) is 0.159. The van der Waals surface area contributed by atoms with Crippen molar-refractivity contribution in [3.05, 3.63) is 72.9 Å². The van der Waals surface area contributed by atoms with E-state index in [4.69, 9.17) is 14.2 Å².